The monoisotopic (exact) mass is 326 g/mol. The molecule has 3 aromatic rings. The second-order valence-electron chi connectivity index (χ2n) is 5.79. The Kier molecular flexibility index (Phi) is 4.25. The van der Waals surface area contributed by atoms with Crippen LogP contribution >= 0.6 is 11.3 Å². The number of nitrogens with two attached hydrogens (primary N) is 1. The minimum absolute atomic E-state index is 0.232. The molecule has 0 aliphatic rings. The van der Waals surface area contributed by atoms with Gasteiger partial charge in [0.15, 0.2) is 0 Å². The topological polar surface area (TPSA) is 80.9 Å². The molecule has 3 aromatic heterocycles. The SMILES string of the molecule is CC(C)Cc1ccc2c(N)c(C(=O)Nc3cccnc3)sc2n1. The van der Waals surface area contributed by atoms with Gasteiger partial charge in [-0.15, -0.1) is 11.3 Å². The Hall–Kier alpha value is -2.47. The van der Waals surface area contributed by atoms with E-state index in [-0.39, 0.29) is 5.91 Å². The fourth-order valence-corrected chi connectivity index (χ4v) is 3.37. The molecule has 0 saturated heterocycles. The molecule has 3 rings (SSSR count). The zero-order valence-corrected chi connectivity index (χ0v) is 13.9. The van der Waals surface area contributed by atoms with Crippen molar-refractivity contribution in [1.82, 2.24) is 9.97 Å². The Bertz CT molecular complexity index is 842. The van der Waals surface area contributed by atoms with Crippen LogP contribution < -0.4 is 11.1 Å². The molecule has 23 heavy (non-hydrogen) atoms. The van der Waals surface area contributed by atoms with Crippen molar-refractivity contribution in [2.75, 3.05) is 11.1 Å². The normalized spacial score (nSPS) is 11.1. The second kappa shape index (κ2) is 6.34. The number of fused-ring (bicyclic) bond motifs is 1. The first-order valence-corrected chi connectivity index (χ1v) is 8.25. The zero-order valence-electron chi connectivity index (χ0n) is 13.0. The van der Waals surface area contributed by atoms with Crippen LogP contribution in [0, 0.1) is 5.92 Å². The van der Waals surface area contributed by atoms with Crippen molar-refractivity contribution in [2.45, 2.75) is 20.3 Å². The Morgan fingerprint density at radius 2 is 2.17 bits per heavy atom. The van der Waals surface area contributed by atoms with Gasteiger partial charge in [0.1, 0.15) is 9.71 Å². The lowest BCUT2D eigenvalue weighted by atomic mass is 10.1. The van der Waals surface area contributed by atoms with E-state index < -0.39 is 0 Å². The van der Waals surface area contributed by atoms with Crippen molar-refractivity contribution in [1.29, 1.82) is 0 Å². The van der Waals surface area contributed by atoms with E-state index in [0.717, 1.165) is 22.3 Å². The number of nitrogen functional groups attached to an aromatic ring is 1. The van der Waals surface area contributed by atoms with Crippen molar-refractivity contribution >= 4 is 38.8 Å². The summed E-state index contributed by atoms with van der Waals surface area (Å²) >= 11 is 1.32. The first-order chi connectivity index (χ1) is 11.0. The fraction of sp³-hybridized carbons (Fsp3) is 0.235. The van der Waals surface area contributed by atoms with Gasteiger partial charge >= 0.3 is 0 Å². The second-order valence-corrected chi connectivity index (χ2v) is 6.79. The number of nitrogens with one attached hydrogen (secondary N) is 1. The smallest absolute Gasteiger partial charge is 0.267 e. The summed E-state index contributed by atoms with van der Waals surface area (Å²) in [5, 5.41) is 3.64. The molecule has 0 radical (unpaired) electrons. The van der Waals surface area contributed by atoms with Crippen LogP contribution in [0.1, 0.15) is 29.2 Å². The Morgan fingerprint density at radius 3 is 2.87 bits per heavy atom. The van der Waals surface area contributed by atoms with E-state index in [4.69, 9.17) is 5.73 Å². The summed E-state index contributed by atoms with van der Waals surface area (Å²) in [5.41, 5.74) is 8.28. The number of carbonyl (C=O) groups excluding carboxylic acids is 1. The first-order valence-electron chi connectivity index (χ1n) is 7.44. The van der Waals surface area contributed by atoms with Gasteiger partial charge in [0.2, 0.25) is 0 Å². The quantitative estimate of drug-likeness (QED) is 0.765. The van der Waals surface area contributed by atoms with Crippen LogP contribution in [0.2, 0.25) is 0 Å². The van der Waals surface area contributed by atoms with E-state index in [1.165, 1.54) is 11.3 Å². The molecule has 1 amide bonds. The van der Waals surface area contributed by atoms with Crippen LogP contribution in [0.4, 0.5) is 11.4 Å². The molecule has 0 aliphatic heterocycles. The maximum atomic E-state index is 12.4. The maximum Gasteiger partial charge on any atom is 0.267 e. The largest absolute Gasteiger partial charge is 0.397 e. The third kappa shape index (κ3) is 3.32. The molecule has 0 aromatic carbocycles. The van der Waals surface area contributed by atoms with Crippen molar-refractivity contribution in [3.63, 3.8) is 0 Å². The van der Waals surface area contributed by atoms with Gasteiger partial charge in [-0.25, -0.2) is 4.98 Å². The van der Waals surface area contributed by atoms with Gasteiger partial charge in [-0.3, -0.25) is 9.78 Å². The number of nitrogens with zero attached hydrogens (tertiary/aromatic N) is 2. The molecular weight excluding hydrogens is 308 g/mol. The molecule has 0 spiro atoms. The number of anilines is 2. The number of thiophene rings is 1. The molecule has 0 unspecified atom stereocenters. The molecule has 5 nitrogen and oxygen atoms in total. The summed E-state index contributed by atoms with van der Waals surface area (Å²) in [7, 11) is 0. The lowest BCUT2D eigenvalue weighted by Gasteiger charge is -2.03. The number of carbonyl (C=O) groups is 1. The molecule has 3 heterocycles. The number of rotatable bonds is 4. The number of hydrogen-bond donors (Lipinski definition) is 2. The highest BCUT2D eigenvalue weighted by Gasteiger charge is 2.18. The van der Waals surface area contributed by atoms with Gasteiger partial charge in [0.05, 0.1) is 17.6 Å². The van der Waals surface area contributed by atoms with Crippen LogP contribution in [0.15, 0.2) is 36.7 Å². The maximum absolute atomic E-state index is 12.4. The molecule has 0 atom stereocenters. The number of pyridine rings is 2. The number of hydrogen-bond acceptors (Lipinski definition) is 5. The lowest BCUT2D eigenvalue weighted by Crippen LogP contribution is -2.11. The van der Waals surface area contributed by atoms with E-state index in [1.54, 1.807) is 24.5 Å². The summed E-state index contributed by atoms with van der Waals surface area (Å²) in [5.74, 6) is 0.300. The molecule has 0 bridgehead atoms. The molecule has 3 N–H and O–H groups in total. The molecule has 0 saturated carbocycles. The van der Waals surface area contributed by atoms with E-state index in [9.17, 15) is 4.79 Å². The third-order valence-electron chi connectivity index (χ3n) is 3.39. The van der Waals surface area contributed by atoms with Gasteiger partial charge in [-0.1, -0.05) is 13.8 Å². The van der Waals surface area contributed by atoms with E-state index in [0.29, 0.717) is 22.2 Å². The minimum Gasteiger partial charge on any atom is -0.397 e. The molecule has 0 fully saturated rings. The van der Waals surface area contributed by atoms with Crippen molar-refractivity contribution in [3.8, 4) is 0 Å². The van der Waals surface area contributed by atoms with Crippen LogP contribution in [-0.2, 0) is 6.42 Å². The van der Waals surface area contributed by atoms with E-state index in [2.05, 4.69) is 29.1 Å². The predicted molar refractivity (Wildman–Crippen MR) is 94.8 cm³/mol. The molecule has 6 heteroatoms. The zero-order chi connectivity index (χ0) is 16.4. The molecular formula is C17H18N4OS. The van der Waals surface area contributed by atoms with E-state index in [1.807, 2.05) is 12.1 Å². The summed E-state index contributed by atoms with van der Waals surface area (Å²) < 4.78 is 0. The van der Waals surface area contributed by atoms with E-state index >= 15 is 0 Å². The minimum atomic E-state index is -0.232. The number of aromatic nitrogens is 2. The van der Waals surface area contributed by atoms with Gasteiger partial charge in [0, 0.05) is 17.3 Å². The van der Waals surface area contributed by atoms with Gasteiger partial charge in [-0.05, 0) is 36.6 Å². The van der Waals surface area contributed by atoms with Crippen molar-refractivity contribution in [3.05, 3.63) is 47.2 Å². The summed E-state index contributed by atoms with van der Waals surface area (Å²) in [4.78, 5) is 22.3. The van der Waals surface area contributed by atoms with Gasteiger partial charge < -0.3 is 11.1 Å². The molecule has 118 valence electrons. The van der Waals surface area contributed by atoms with Crippen LogP contribution in [-0.4, -0.2) is 15.9 Å². The highest BCUT2D eigenvalue weighted by molar-refractivity contribution is 7.21. The highest BCUT2D eigenvalue weighted by Crippen LogP contribution is 2.33. The number of amides is 1. The van der Waals surface area contributed by atoms with Crippen LogP contribution in [0.3, 0.4) is 0 Å². The third-order valence-corrected chi connectivity index (χ3v) is 4.51. The predicted octanol–water partition coefficient (Wildman–Crippen LogP) is 3.72. The Labute approximate surface area is 138 Å². The van der Waals surface area contributed by atoms with Crippen LogP contribution in [0.5, 0.6) is 0 Å². The summed E-state index contributed by atoms with van der Waals surface area (Å²) in [6.07, 6.45) is 4.16. The van der Waals surface area contributed by atoms with Crippen molar-refractivity contribution < 1.29 is 4.79 Å². The molecule has 0 aliphatic carbocycles. The first kappa shape index (κ1) is 15.4. The standard InChI is InChI=1S/C17H18N4OS/c1-10(2)8-11-5-6-13-14(18)15(23-17(13)21-11)16(22)20-12-4-3-7-19-9-12/h3-7,9-10H,8,18H2,1-2H3,(H,20,22). The van der Waals surface area contributed by atoms with Gasteiger partial charge in [0.25, 0.3) is 5.91 Å². The average molecular weight is 326 g/mol. The Balaban J connectivity index is 1.91. The van der Waals surface area contributed by atoms with Crippen LogP contribution in [0.25, 0.3) is 10.2 Å². The Morgan fingerprint density at radius 1 is 1.35 bits per heavy atom. The highest BCUT2D eigenvalue weighted by atomic mass is 32.1. The van der Waals surface area contributed by atoms with Crippen molar-refractivity contribution in [2.24, 2.45) is 5.92 Å². The summed E-state index contributed by atoms with van der Waals surface area (Å²) in [6.45, 7) is 4.31. The fourth-order valence-electron chi connectivity index (χ4n) is 2.36. The summed E-state index contributed by atoms with van der Waals surface area (Å²) in [6, 6.07) is 7.48. The van der Waals surface area contributed by atoms with Gasteiger partial charge in [-0.2, -0.15) is 0 Å². The lowest BCUT2D eigenvalue weighted by molar-refractivity contribution is 0.103. The average Bonchev–Trinajstić information content (AvgIpc) is 2.84.